The smallest absolute Gasteiger partial charge is 0.121 e. The topological polar surface area (TPSA) is 24.5 Å². The summed E-state index contributed by atoms with van der Waals surface area (Å²) in [6.45, 7) is 4.82. The Morgan fingerprint density at radius 1 is 1.31 bits per heavy atom. The van der Waals surface area contributed by atoms with Crippen LogP contribution < -0.4 is 10.1 Å². The lowest BCUT2D eigenvalue weighted by Gasteiger charge is -2.12. The molecule has 0 radical (unpaired) electrons. The molecular formula is C13H22N2O. The van der Waals surface area contributed by atoms with Crippen LogP contribution in [0.2, 0.25) is 0 Å². The summed E-state index contributed by atoms with van der Waals surface area (Å²) < 4.78 is 5.66. The first kappa shape index (κ1) is 12.8. The SMILES string of the molecule is CCCNc1cccc(OCCN(C)C)c1. The van der Waals surface area contributed by atoms with Crippen molar-refractivity contribution in [3.8, 4) is 5.75 Å². The van der Waals surface area contributed by atoms with Crippen molar-refractivity contribution < 1.29 is 4.74 Å². The predicted octanol–water partition coefficient (Wildman–Crippen LogP) is 2.45. The summed E-state index contributed by atoms with van der Waals surface area (Å²) in [5.74, 6) is 0.933. The van der Waals surface area contributed by atoms with Crippen LogP contribution in [0.15, 0.2) is 24.3 Å². The second-order valence-electron chi connectivity index (χ2n) is 4.11. The van der Waals surface area contributed by atoms with Gasteiger partial charge in [-0.25, -0.2) is 0 Å². The van der Waals surface area contributed by atoms with Crippen LogP contribution in [-0.2, 0) is 0 Å². The third-order valence-corrected chi connectivity index (χ3v) is 2.22. The van der Waals surface area contributed by atoms with Gasteiger partial charge in [0.15, 0.2) is 0 Å². The zero-order valence-electron chi connectivity index (χ0n) is 10.5. The Morgan fingerprint density at radius 2 is 2.12 bits per heavy atom. The number of hydrogen-bond donors (Lipinski definition) is 1. The number of likely N-dealkylation sites (N-methyl/N-ethyl adjacent to an activating group) is 1. The van der Waals surface area contributed by atoms with Gasteiger partial charge >= 0.3 is 0 Å². The summed E-state index contributed by atoms with van der Waals surface area (Å²) in [5, 5.41) is 3.34. The lowest BCUT2D eigenvalue weighted by atomic mass is 10.3. The lowest BCUT2D eigenvalue weighted by molar-refractivity contribution is 0.261. The summed E-state index contributed by atoms with van der Waals surface area (Å²) in [4.78, 5) is 2.11. The van der Waals surface area contributed by atoms with Gasteiger partial charge in [-0.1, -0.05) is 13.0 Å². The molecule has 0 atom stereocenters. The molecule has 90 valence electrons. The highest BCUT2D eigenvalue weighted by Crippen LogP contribution is 2.17. The first-order chi connectivity index (χ1) is 7.72. The van der Waals surface area contributed by atoms with E-state index in [1.165, 1.54) is 0 Å². The quantitative estimate of drug-likeness (QED) is 0.767. The van der Waals surface area contributed by atoms with Crippen molar-refractivity contribution in [2.24, 2.45) is 0 Å². The van der Waals surface area contributed by atoms with Gasteiger partial charge in [-0.15, -0.1) is 0 Å². The summed E-state index contributed by atoms with van der Waals surface area (Å²) in [5.41, 5.74) is 1.13. The molecule has 0 aromatic heterocycles. The van der Waals surface area contributed by atoms with Crippen molar-refractivity contribution in [1.82, 2.24) is 4.90 Å². The highest BCUT2D eigenvalue weighted by Gasteiger charge is 1.96. The number of anilines is 1. The molecule has 1 rings (SSSR count). The van der Waals surface area contributed by atoms with Crippen molar-refractivity contribution >= 4 is 5.69 Å². The number of nitrogens with zero attached hydrogens (tertiary/aromatic N) is 1. The molecule has 0 heterocycles. The van der Waals surface area contributed by atoms with Gasteiger partial charge in [0.2, 0.25) is 0 Å². The zero-order valence-corrected chi connectivity index (χ0v) is 10.5. The molecule has 0 unspecified atom stereocenters. The molecule has 3 nitrogen and oxygen atoms in total. The molecule has 16 heavy (non-hydrogen) atoms. The highest BCUT2D eigenvalue weighted by molar-refractivity contribution is 5.48. The average Bonchev–Trinajstić information content (AvgIpc) is 2.26. The van der Waals surface area contributed by atoms with Crippen LogP contribution in [0.25, 0.3) is 0 Å². The van der Waals surface area contributed by atoms with E-state index in [9.17, 15) is 0 Å². The Morgan fingerprint density at radius 3 is 2.81 bits per heavy atom. The van der Waals surface area contributed by atoms with Crippen LogP contribution >= 0.6 is 0 Å². The van der Waals surface area contributed by atoms with Gasteiger partial charge in [0.25, 0.3) is 0 Å². The Hall–Kier alpha value is -1.22. The van der Waals surface area contributed by atoms with Crippen LogP contribution in [0.5, 0.6) is 5.75 Å². The first-order valence-corrected chi connectivity index (χ1v) is 5.84. The average molecular weight is 222 g/mol. The minimum atomic E-state index is 0.726. The molecule has 0 saturated heterocycles. The summed E-state index contributed by atoms with van der Waals surface area (Å²) >= 11 is 0. The van der Waals surface area contributed by atoms with Gasteiger partial charge in [0, 0.05) is 24.8 Å². The van der Waals surface area contributed by atoms with E-state index in [1.807, 2.05) is 32.3 Å². The number of hydrogen-bond acceptors (Lipinski definition) is 3. The third kappa shape index (κ3) is 5.03. The highest BCUT2D eigenvalue weighted by atomic mass is 16.5. The van der Waals surface area contributed by atoms with Crippen LogP contribution in [0.4, 0.5) is 5.69 Å². The fourth-order valence-corrected chi connectivity index (χ4v) is 1.31. The van der Waals surface area contributed by atoms with Gasteiger partial charge in [-0.2, -0.15) is 0 Å². The number of nitrogens with one attached hydrogen (secondary N) is 1. The Balaban J connectivity index is 2.40. The van der Waals surface area contributed by atoms with Gasteiger partial charge in [0.1, 0.15) is 12.4 Å². The maximum Gasteiger partial charge on any atom is 0.121 e. The second kappa shape index (κ2) is 7.12. The van der Waals surface area contributed by atoms with Crippen molar-refractivity contribution in [3.05, 3.63) is 24.3 Å². The van der Waals surface area contributed by atoms with Crippen LogP contribution in [-0.4, -0.2) is 38.7 Å². The maximum atomic E-state index is 5.66. The molecule has 0 aliphatic rings. The lowest BCUT2D eigenvalue weighted by Crippen LogP contribution is -2.19. The monoisotopic (exact) mass is 222 g/mol. The zero-order chi connectivity index (χ0) is 11.8. The number of ether oxygens (including phenoxy) is 1. The van der Waals surface area contributed by atoms with E-state index in [1.54, 1.807) is 0 Å². The van der Waals surface area contributed by atoms with Crippen molar-refractivity contribution in [2.75, 3.05) is 39.1 Å². The molecule has 1 N–H and O–H groups in total. The van der Waals surface area contributed by atoms with Crippen LogP contribution in [0.3, 0.4) is 0 Å². The molecule has 1 aromatic carbocycles. The minimum Gasteiger partial charge on any atom is -0.492 e. The van der Waals surface area contributed by atoms with Crippen LogP contribution in [0, 0.1) is 0 Å². The molecule has 1 aromatic rings. The Labute approximate surface area is 98.4 Å². The Bertz CT molecular complexity index is 300. The maximum absolute atomic E-state index is 5.66. The van der Waals surface area contributed by atoms with Gasteiger partial charge in [-0.05, 0) is 32.6 Å². The van der Waals surface area contributed by atoms with E-state index >= 15 is 0 Å². The third-order valence-electron chi connectivity index (χ3n) is 2.22. The van der Waals surface area contributed by atoms with Gasteiger partial charge in [-0.3, -0.25) is 0 Å². The van der Waals surface area contributed by atoms with Gasteiger partial charge in [0.05, 0.1) is 0 Å². The molecule has 0 spiro atoms. The molecule has 3 heteroatoms. The summed E-state index contributed by atoms with van der Waals surface area (Å²) in [6.07, 6.45) is 1.13. The summed E-state index contributed by atoms with van der Waals surface area (Å²) in [7, 11) is 4.09. The molecular weight excluding hydrogens is 200 g/mol. The van der Waals surface area contributed by atoms with Crippen molar-refractivity contribution in [3.63, 3.8) is 0 Å². The standard InChI is InChI=1S/C13H22N2O/c1-4-8-14-12-6-5-7-13(11-12)16-10-9-15(2)3/h5-7,11,14H,4,8-10H2,1-3H3. The molecule has 0 saturated carbocycles. The van der Waals surface area contributed by atoms with E-state index < -0.39 is 0 Å². The second-order valence-corrected chi connectivity index (χ2v) is 4.11. The molecule has 0 aliphatic carbocycles. The molecule has 0 aliphatic heterocycles. The van der Waals surface area contributed by atoms with E-state index in [0.717, 1.165) is 37.6 Å². The van der Waals surface area contributed by atoms with Crippen LogP contribution in [0.1, 0.15) is 13.3 Å². The molecule has 0 amide bonds. The molecule has 0 bridgehead atoms. The summed E-state index contributed by atoms with van der Waals surface area (Å²) in [6, 6.07) is 8.12. The Kier molecular flexibility index (Phi) is 5.72. The number of benzene rings is 1. The van der Waals surface area contributed by atoms with E-state index in [4.69, 9.17) is 4.74 Å². The van der Waals surface area contributed by atoms with Gasteiger partial charge < -0.3 is 15.0 Å². The fraction of sp³-hybridized carbons (Fsp3) is 0.538. The first-order valence-electron chi connectivity index (χ1n) is 5.84. The molecule has 0 fully saturated rings. The van der Waals surface area contributed by atoms with E-state index in [2.05, 4.69) is 23.2 Å². The van der Waals surface area contributed by atoms with Crippen molar-refractivity contribution in [1.29, 1.82) is 0 Å². The fourth-order valence-electron chi connectivity index (χ4n) is 1.31. The van der Waals surface area contributed by atoms with E-state index in [-0.39, 0.29) is 0 Å². The predicted molar refractivity (Wildman–Crippen MR) is 69.3 cm³/mol. The minimum absolute atomic E-state index is 0.726. The normalized spacial score (nSPS) is 10.5. The largest absolute Gasteiger partial charge is 0.492 e. The van der Waals surface area contributed by atoms with Crippen molar-refractivity contribution in [2.45, 2.75) is 13.3 Å². The van der Waals surface area contributed by atoms with E-state index in [0.29, 0.717) is 0 Å². The number of rotatable bonds is 7.